The van der Waals surface area contributed by atoms with Crippen LogP contribution in [0.1, 0.15) is 47.7 Å². The number of halogens is 1. The molecule has 2 aromatic carbocycles. The molecule has 1 saturated heterocycles. The summed E-state index contributed by atoms with van der Waals surface area (Å²) in [6, 6.07) is 12.4. The van der Waals surface area contributed by atoms with Gasteiger partial charge < -0.3 is 24.3 Å². The van der Waals surface area contributed by atoms with E-state index in [1.54, 1.807) is 13.4 Å². The van der Waals surface area contributed by atoms with E-state index >= 15 is 0 Å². The molecule has 1 aliphatic heterocycles. The van der Waals surface area contributed by atoms with E-state index in [1.165, 1.54) is 16.8 Å². The minimum atomic E-state index is -0.0435. The second-order valence-electron chi connectivity index (χ2n) is 9.82. The SMILES string of the molecule is COc1cc(C=C(CCCCl)C(=O)NC2CCc3c2cccc3N2CCOCC2)ccc1-n1cnc(C)c1. The average molecular weight is 535 g/mol. The molecule has 2 heterocycles. The molecule has 1 aliphatic carbocycles. The van der Waals surface area contributed by atoms with E-state index in [4.69, 9.17) is 21.1 Å². The van der Waals surface area contributed by atoms with Crippen molar-refractivity contribution in [1.82, 2.24) is 14.9 Å². The Kier molecular flexibility index (Phi) is 8.35. The number of imidazole rings is 1. The number of hydrogen-bond acceptors (Lipinski definition) is 5. The molecule has 0 bridgehead atoms. The van der Waals surface area contributed by atoms with Gasteiger partial charge in [-0.05, 0) is 73.6 Å². The summed E-state index contributed by atoms with van der Waals surface area (Å²) in [6.07, 6.45) is 8.87. The number of aryl methyl sites for hydroxylation is 1. The topological polar surface area (TPSA) is 68.6 Å². The number of nitrogens with zero attached hydrogens (tertiary/aromatic N) is 3. The number of methoxy groups -OCH3 is 1. The maximum absolute atomic E-state index is 13.6. The van der Waals surface area contributed by atoms with E-state index in [0.717, 1.165) is 68.1 Å². The lowest BCUT2D eigenvalue weighted by atomic mass is 10.0. The third kappa shape index (κ3) is 5.74. The van der Waals surface area contributed by atoms with Gasteiger partial charge in [-0.15, -0.1) is 11.6 Å². The predicted molar refractivity (Wildman–Crippen MR) is 151 cm³/mol. The normalized spacial score (nSPS) is 17.4. The van der Waals surface area contributed by atoms with E-state index in [2.05, 4.69) is 33.4 Å². The van der Waals surface area contributed by atoms with Gasteiger partial charge in [0, 0.05) is 36.4 Å². The molecule has 1 amide bonds. The smallest absolute Gasteiger partial charge is 0.247 e. The molecular weight excluding hydrogens is 500 g/mol. The van der Waals surface area contributed by atoms with Crippen LogP contribution in [0.2, 0.25) is 0 Å². The number of amides is 1. The molecular formula is C30H35ClN4O3. The fourth-order valence-corrected chi connectivity index (χ4v) is 5.53. The van der Waals surface area contributed by atoms with Gasteiger partial charge >= 0.3 is 0 Å². The quantitative estimate of drug-likeness (QED) is 0.301. The summed E-state index contributed by atoms with van der Waals surface area (Å²) in [7, 11) is 1.65. The van der Waals surface area contributed by atoms with Crippen LogP contribution >= 0.6 is 11.6 Å². The van der Waals surface area contributed by atoms with Gasteiger partial charge in [0.15, 0.2) is 0 Å². The first-order chi connectivity index (χ1) is 18.6. The standard InChI is InChI=1S/C30H35ClN4O3/c1-21-19-35(20-32-21)28-11-8-22(18-29(28)37-2)17-23(5-4-12-31)30(36)33-26-10-9-25-24(26)6-3-7-27(25)34-13-15-38-16-14-34/h3,6-8,11,17-20,26H,4-5,9-10,12-16H2,1-2H3,(H,33,36). The minimum absolute atomic E-state index is 0.000662. The molecule has 7 nitrogen and oxygen atoms in total. The molecule has 38 heavy (non-hydrogen) atoms. The van der Waals surface area contributed by atoms with Crippen molar-refractivity contribution in [2.24, 2.45) is 0 Å². The highest BCUT2D eigenvalue weighted by molar-refractivity contribution is 6.17. The lowest BCUT2D eigenvalue weighted by Crippen LogP contribution is -2.36. The number of ether oxygens (including phenoxy) is 2. The van der Waals surface area contributed by atoms with E-state index in [0.29, 0.717) is 18.1 Å². The minimum Gasteiger partial charge on any atom is -0.495 e. The molecule has 8 heteroatoms. The Hall–Kier alpha value is -3.29. The lowest BCUT2D eigenvalue weighted by Gasteiger charge is -2.30. The third-order valence-electron chi connectivity index (χ3n) is 7.31. The molecule has 3 aromatic rings. The van der Waals surface area contributed by atoms with Crippen LogP contribution in [-0.2, 0) is 16.0 Å². The molecule has 0 spiro atoms. The van der Waals surface area contributed by atoms with E-state index < -0.39 is 0 Å². The number of morpholine rings is 1. The van der Waals surface area contributed by atoms with Crippen molar-refractivity contribution in [2.75, 3.05) is 44.2 Å². The molecule has 1 unspecified atom stereocenters. The average Bonchev–Trinajstić information content (AvgIpc) is 3.57. The van der Waals surface area contributed by atoms with Crippen molar-refractivity contribution in [1.29, 1.82) is 0 Å². The Bertz CT molecular complexity index is 1310. The van der Waals surface area contributed by atoms with Gasteiger partial charge in [-0.25, -0.2) is 4.98 Å². The number of carbonyl (C=O) groups is 1. The maximum atomic E-state index is 13.6. The number of aromatic nitrogens is 2. The summed E-state index contributed by atoms with van der Waals surface area (Å²) in [4.78, 5) is 20.3. The van der Waals surface area contributed by atoms with E-state index in [1.807, 2.05) is 42.0 Å². The van der Waals surface area contributed by atoms with Crippen molar-refractivity contribution in [3.63, 3.8) is 0 Å². The summed E-state index contributed by atoms with van der Waals surface area (Å²) < 4.78 is 13.1. The number of hydrogen-bond donors (Lipinski definition) is 1. The number of carbonyl (C=O) groups excluding carboxylic acids is 1. The number of alkyl halides is 1. The van der Waals surface area contributed by atoms with E-state index in [-0.39, 0.29) is 11.9 Å². The van der Waals surface area contributed by atoms with Gasteiger partial charge in [0.25, 0.3) is 0 Å². The Labute approximate surface area is 229 Å². The van der Waals surface area contributed by atoms with E-state index in [9.17, 15) is 4.79 Å². The van der Waals surface area contributed by atoms with Crippen LogP contribution in [0.5, 0.6) is 5.75 Å². The Balaban J connectivity index is 1.37. The van der Waals surface area contributed by atoms with Crippen LogP contribution < -0.4 is 15.0 Å². The largest absolute Gasteiger partial charge is 0.495 e. The lowest BCUT2D eigenvalue weighted by molar-refractivity contribution is -0.118. The highest BCUT2D eigenvalue weighted by atomic mass is 35.5. The zero-order valence-corrected chi connectivity index (χ0v) is 22.8. The zero-order valence-electron chi connectivity index (χ0n) is 22.1. The molecule has 0 radical (unpaired) electrons. The first kappa shape index (κ1) is 26.3. The first-order valence-corrected chi connectivity index (χ1v) is 13.8. The van der Waals surface area contributed by atoms with Crippen molar-refractivity contribution >= 4 is 29.3 Å². The molecule has 1 atom stereocenters. The Morgan fingerprint density at radius 2 is 2.08 bits per heavy atom. The van der Waals surface area contributed by atoms with Gasteiger partial charge in [-0.3, -0.25) is 4.79 Å². The van der Waals surface area contributed by atoms with Gasteiger partial charge in [0.2, 0.25) is 5.91 Å². The second kappa shape index (κ2) is 12.0. The van der Waals surface area contributed by atoms with Crippen LogP contribution in [-0.4, -0.2) is 54.8 Å². The molecule has 2 aliphatic rings. The van der Waals surface area contributed by atoms with Crippen molar-refractivity contribution in [3.05, 3.63) is 76.9 Å². The summed E-state index contributed by atoms with van der Waals surface area (Å²) in [5.74, 6) is 1.17. The summed E-state index contributed by atoms with van der Waals surface area (Å²) >= 11 is 6.02. The highest BCUT2D eigenvalue weighted by Gasteiger charge is 2.28. The predicted octanol–water partition coefficient (Wildman–Crippen LogP) is 5.23. The maximum Gasteiger partial charge on any atom is 0.247 e. The van der Waals surface area contributed by atoms with Crippen molar-refractivity contribution < 1.29 is 14.3 Å². The fourth-order valence-electron chi connectivity index (χ4n) is 5.40. The number of benzene rings is 2. The second-order valence-corrected chi connectivity index (χ2v) is 10.2. The van der Waals surface area contributed by atoms with Crippen molar-refractivity contribution in [3.8, 4) is 11.4 Å². The van der Waals surface area contributed by atoms with Gasteiger partial charge in [0.1, 0.15) is 5.75 Å². The molecule has 5 rings (SSSR count). The molecule has 1 fully saturated rings. The number of anilines is 1. The van der Waals surface area contributed by atoms with Crippen LogP contribution in [0, 0.1) is 6.92 Å². The van der Waals surface area contributed by atoms with Crippen LogP contribution in [0.15, 0.2) is 54.5 Å². The molecule has 200 valence electrons. The Morgan fingerprint density at radius 3 is 2.82 bits per heavy atom. The number of fused-ring (bicyclic) bond motifs is 1. The fraction of sp³-hybridized carbons (Fsp3) is 0.400. The summed E-state index contributed by atoms with van der Waals surface area (Å²) in [6.45, 7) is 5.27. The summed E-state index contributed by atoms with van der Waals surface area (Å²) in [5, 5.41) is 3.33. The van der Waals surface area contributed by atoms with Gasteiger partial charge in [0.05, 0.1) is 44.1 Å². The first-order valence-electron chi connectivity index (χ1n) is 13.3. The van der Waals surface area contributed by atoms with Crippen LogP contribution in [0.25, 0.3) is 11.8 Å². The van der Waals surface area contributed by atoms with Crippen molar-refractivity contribution in [2.45, 2.75) is 38.6 Å². The van der Waals surface area contributed by atoms with Crippen LogP contribution in [0.4, 0.5) is 5.69 Å². The van der Waals surface area contributed by atoms with Gasteiger partial charge in [-0.1, -0.05) is 18.2 Å². The number of nitrogens with one attached hydrogen (secondary N) is 1. The monoisotopic (exact) mass is 534 g/mol. The third-order valence-corrected chi connectivity index (χ3v) is 7.58. The van der Waals surface area contributed by atoms with Gasteiger partial charge in [-0.2, -0.15) is 0 Å². The summed E-state index contributed by atoms with van der Waals surface area (Å²) in [5.41, 5.74) is 7.31. The Morgan fingerprint density at radius 1 is 1.24 bits per heavy atom. The molecule has 1 aromatic heterocycles. The van der Waals surface area contributed by atoms with Crippen LogP contribution in [0.3, 0.4) is 0 Å². The molecule has 0 saturated carbocycles. The number of rotatable bonds is 9. The molecule has 1 N–H and O–H groups in total. The highest BCUT2D eigenvalue weighted by Crippen LogP contribution is 2.38. The zero-order chi connectivity index (χ0) is 26.5.